The van der Waals surface area contributed by atoms with Gasteiger partial charge in [-0.3, -0.25) is 9.59 Å². The Labute approximate surface area is 250 Å². The molecule has 13 heteroatoms. The van der Waals surface area contributed by atoms with Gasteiger partial charge in [-0.25, -0.2) is 14.6 Å². The molecule has 1 N–H and O–H groups in total. The first kappa shape index (κ1) is 33.3. The zero-order valence-electron chi connectivity index (χ0n) is 24.9. The number of methoxy groups -OCH3 is 2. The van der Waals surface area contributed by atoms with E-state index in [9.17, 15) is 19.2 Å². The number of esters is 3. The molecule has 1 amide bonds. The van der Waals surface area contributed by atoms with Crippen LogP contribution in [0.15, 0.2) is 42.6 Å². The summed E-state index contributed by atoms with van der Waals surface area (Å²) in [6.07, 6.45) is -0.0495. The highest BCUT2D eigenvalue weighted by Crippen LogP contribution is 2.30. The molecule has 1 aliphatic heterocycles. The molecule has 0 bridgehead atoms. The second-order valence-electron chi connectivity index (χ2n) is 10.2. The summed E-state index contributed by atoms with van der Waals surface area (Å²) < 4.78 is 37.7. The number of hydrogen-bond donors (Lipinski definition) is 1. The Bertz CT molecular complexity index is 1240. The SMILES string of the molecule is COCC(=O)OCOc1c(OC)ccnc1C(=O)N[C@H]1COC(=O)[C@H](Cc2ccccc2)[C@@H](OCC(C)C)[C@H](C)OC1=O. The highest BCUT2D eigenvalue weighted by atomic mass is 16.7. The molecule has 0 unspecified atom stereocenters. The number of pyridine rings is 1. The van der Waals surface area contributed by atoms with Gasteiger partial charge in [0.25, 0.3) is 5.91 Å². The number of hydrogen-bond acceptors (Lipinski definition) is 12. The molecular weight excluding hydrogens is 564 g/mol. The molecule has 43 heavy (non-hydrogen) atoms. The number of cyclic esters (lactones) is 2. The van der Waals surface area contributed by atoms with Crippen molar-refractivity contribution < 1.29 is 52.3 Å². The fraction of sp³-hybridized carbons (Fsp3) is 0.500. The normalized spacial score (nSPS) is 20.6. The molecule has 0 aliphatic carbocycles. The number of nitrogens with zero attached hydrogens (tertiary/aromatic N) is 1. The summed E-state index contributed by atoms with van der Waals surface area (Å²) in [6.45, 7) is 4.55. The van der Waals surface area contributed by atoms with Crippen LogP contribution in [-0.4, -0.2) is 87.9 Å². The number of aromatic nitrogens is 1. The van der Waals surface area contributed by atoms with Crippen molar-refractivity contribution in [3.05, 3.63) is 53.9 Å². The highest BCUT2D eigenvalue weighted by molar-refractivity contribution is 5.98. The van der Waals surface area contributed by atoms with E-state index in [4.69, 9.17) is 33.2 Å². The number of ether oxygens (including phenoxy) is 7. The summed E-state index contributed by atoms with van der Waals surface area (Å²) in [4.78, 5) is 55.6. The van der Waals surface area contributed by atoms with Gasteiger partial charge in [0.2, 0.25) is 6.79 Å². The zero-order valence-corrected chi connectivity index (χ0v) is 24.9. The minimum absolute atomic E-state index is 0.119. The molecule has 2 aromatic rings. The van der Waals surface area contributed by atoms with Gasteiger partial charge in [-0.1, -0.05) is 44.2 Å². The lowest BCUT2D eigenvalue weighted by Crippen LogP contribution is -2.46. The van der Waals surface area contributed by atoms with E-state index in [1.165, 1.54) is 26.5 Å². The third-order valence-corrected chi connectivity index (χ3v) is 6.36. The number of nitrogens with one attached hydrogen (secondary N) is 1. The van der Waals surface area contributed by atoms with Crippen molar-refractivity contribution in [3.63, 3.8) is 0 Å². The molecule has 1 saturated heterocycles. The summed E-state index contributed by atoms with van der Waals surface area (Å²) in [5.41, 5.74) is 0.615. The average molecular weight is 603 g/mol. The number of carbonyl (C=O) groups is 4. The molecule has 1 aromatic carbocycles. The summed E-state index contributed by atoms with van der Waals surface area (Å²) >= 11 is 0. The summed E-state index contributed by atoms with van der Waals surface area (Å²) in [6, 6.07) is 9.44. The van der Waals surface area contributed by atoms with Crippen LogP contribution in [0.1, 0.15) is 36.8 Å². The average Bonchev–Trinajstić information content (AvgIpc) is 3.01. The van der Waals surface area contributed by atoms with Crippen LogP contribution in [0.2, 0.25) is 0 Å². The topological polar surface area (TPSA) is 158 Å². The molecule has 2 heterocycles. The maximum atomic E-state index is 13.4. The predicted octanol–water partition coefficient (Wildman–Crippen LogP) is 2.10. The largest absolute Gasteiger partial charge is 0.493 e. The van der Waals surface area contributed by atoms with E-state index in [1.807, 2.05) is 44.2 Å². The lowest BCUT2D eigenvalue weighted by atomic mass is 9.91. The first-order chi connectivity index (χ1) is 20.6. The molecule has 0 spiro atoms. The highest BCUT2D eigenvalue weighted by Gasteiger charge is 2.40. The first-order valence-electron chi connectivity index (χ1n) is 13.8. The Morgan fingerprint density at radius 3 is 2.51 bits per heavy atom. The Morgan fingerprint density at radius 1 is 1.09 bits per heavy atom. The van der Waals surface area contributed by atoms with Crippen LogP contribution >= 0.6 is 0 Å². The van der Waals surface area contributed by atoms with Crippen molar-refractivity contribution in [1.82, 2.24) is 10.3 Å². The third kappa shape index (κ3) is 9.65. The molecule has 13 nitrogen and oxygen atoms in total. The predicted molar refractivity (Wildman–Crippen MR) is 150 cm³/mol. The van der Waals surface area contributed by atoms with Crippen molar-refractivity contribution >= 4 is 23.8 Å². The molecule has 1 fully saturated rings. The van der Waals surface area contributed by atoms with Gasteiger partial charge in [0.1, 0.15) is 25.4 Å². The van der Waals surface area contributed by atoms with E-state index in [-0.39, 0.29) is 29.7 Å². The van der Waals surface area contributed by atoms with Crippen LogP contribution in [0.4, 0.5) is 0 Å². The van der Waals surface area contributed by atoms with Gasteiger partial charge in [0, 0.05) is 26.0 Å². The standard InChI is InChI=1S/C30H38N2O11/c1-18(2)14-39-26-19(3)43-30(36)22(15-40-29(35)21(26)13-20-9-7-6-8-10-20)32-28(34)25-27(23(38-5)11-12-31-25)42-17-41-24(33)16-37-4/h6-12,18-19,21-22,26H,13-17H2,1-5H3,(H,32,34)/t19-,21+,22-,26-/m0/s1. The minimum atomic E-state index is -1.37. The van der Waals surface area contributed by atoms with Crippen LogP contribution in [0.5, 0.6) is 11.5 Å². The molecular formula is C30H38N2O11. The van der Waals surface area contributed by atoms with Crippen molar-refractivity contribution in [2.24, 2.45) is 11.8 Å². The molecule has 1 aliphatic rings. The fourth-order valence-corrected chi connectivity index (χ4v) is 4.29. The molecule has 0 saturated carbocycles. The summed E-state index contributed by atoms with van der Waals surface area (Å²) in [7, 11) is 2.68. The lowest BCUT2D eigenvalue weighted by molar-refractivity contribution is -0.165. The van der Waals surface area contributed by atoms with E-state index in [0.29, 0.717) is 13.0 Å². The molecule has 234 valence electrons. The Hall–Kier alpha value is -4.23. The van der Waals surface area contributed by atoms with Gasteiger partial charge < -0.3 is 38.5 Å². The van der Waals surface area contributed by atoms with Crippen LogP contribution in [0, 0.1) is 11.8 Å². The maximum absolute atomic E-state index is 13.4. The second-order valence-corrected chi connectivity index (χ2v) is 10.2. The quantitative estimate of drug-likeness (QED) is 0.203. The molecule has 0 radical (unpaired) electrons. The van der Waals surface area contributed by atoms with Crippen LogP contribution in [0.3, 0.4) is 0 Å². The van der Waals surface area contributed by atoms with Gasteiger partial charge in [-0.15, -0.1) is 0 Å². The van der Waals surface area contributed by atoms with Gasteiger partial charge in [-0.05, 0) is 24.8 Å². The van der Waals surface area contributed by atoms with Gasteiger partial charge >= 0.3 is 17.9 Å². The molecule has 3 rings (SSSR count). The van der Waals surface area contributed by atoms with Gasteiger partial charge in [-0.2, -0.15) is 0 Å². The van der Waals surface area contributed by atoms with Crippen LogP contribution in [0.25, 0.3) is 0 Å². The Kier molecular flexibility index (Phi) is 12.7. The van der Waals surface area contributed by atoms with Gasteiger partial charge in [0.05, 0.1) is 13.0 Å². The van der Waals surface area contributed by atoms with Crippen LogP contribution < -0.4 is 14.8 Å². The molecule has 1 aromatic heterocycles. The maximum Gasteiger partial charge on any atom is 0.334 e. The Morgan fingerprint density at radius 2 is 1.84 bits per heavy atom. The summed E-state index contributed by atoms with van der Waals surface area (Å²) in [5, 5.41) is 2.51. The van der Waals surface area contributed by atoms with Crippen molar-refractivity contribution in [3.8, 4) is 11.5 Å². The second kappa shape index (κ2) is 16.4. The lowest BCUT2D eigenvalue weighted by Gasteiger charge is -2.30. The van der Waals surface area contributed by atoms with E-state index in [0.717, 1.165) is 5.56 Å². The summed E-state index contributed by atoms with van der Waals surface area (Å²) in [5.74, 6) is -3.61. The monoisotopic (exact) mass is 602 g/mol. The first-order valence-corrected chi connectivity index (χ1v) is 13.8. The van der Waals surface area contributed by atoms with E-state index < -0.39 is 61.4 Å². The van der Waals surface area contributed by atoms with Crippen molar-refractivity contribution in [1.29, 1.82) is 0 Å². The Balaban J connectivity index is 1.81. The zero-order chi connectivity index (χ0) is 31.4. The van der Waals surface area contributed by atoms with Crippen LogP contribution in [-0.2, 0) is 44.5 Å². The number of benzene rings is 1. The number of rotatable bonds is 13. The van der Waals surface area contributed by atoms with E-state index >= 15 is 0 Å². The molecule has 4 atom stereocenters. The number of carbonyl (C=O) groups excluding carboxylic acids is 4. The van der Waals surface area contributed by atoms with E-state index in [2.05, 4.69) is 10.3 Å². The third-order valence-electron chi connectivity index (χ3n) is 6.36. The van der Waals surface area contributed by atoms with Crippen molar-refractivity contribution in [2.45, 2.75) is 45.4 Å². The van der Waals surface area contributed by atoms with Crippen molar-refractivity contribution in [2.75, 3.05) is 40.8 Å². The van der Waals surface area contributed by atoms with E-state index in [1.54, 1.807) is 6.92 Å². The number of amides is 1. The minimum Gasteiger partial charge on any atom is -0.493 e. The van der Waals surface area contributed by atoms with Gasteiger partial charge in [0.15, 0.2) is 23.2 Å². The smallest absolute Gasteiger partial charge is 0.334 e. The fourth-order valence-electron chi connectivity index (χ4n) is 4.29.